The summed E-state index contributed by atoms with van der Waals surface area (Å²) >= 11 is 0. The predicted molar refractivity (Wildman–Crippen MR) is 39.7 cm³/mol. The molecule has 0 spiro atoms. The highest BCUT2D eigenvalue weighted by Gasteiger charge is 2.00. The second-order valence-corrected chi connectivity index (χ2v) is 2.19. The molecule has 0 atom stereocenters. The third kappa shape index (κ3) is 3.17. The quantitative estimate of drug-likeness (QED) is 0.557. The molecule has 0 aliphatic rings. The van der Waals surface area contributed by atoms with Crippen molar-refractivity contribution in [3.63, 3.8) is 0 Å². The largest absolute Gasteiger partial charge is 0.295 e. The SMILES string of the molecule is CC/C(=C/C(C)=O)C(C)=O. The monoisotopic (exact) mass is 140 g/mol. The van der Waals surface area contributed by atoms with Crippen molar-refractivity contribution in [3.05, 3.63) is 11.6 Å². The number of carbonyl (C=O) groups excluding carboxylic acids is 2. The van der Waals surface area contributed by atoms with Gasteiger partial charge in [-0.1, -0.05) is 6.92 Å². The number of Topliss-reactive ketones (excluding diaryl/α,β-unsaturated/α-hetero) is 1. The Labute approximate surface area is 60.9 Å². The Balaban J connectivity index is 4.34. The van der Waals surface area contributed by atoms with Crippen LogP contribution in [0.4, 0.5) is 0 Å². The molecule has 56 valence electrons. The molecular formula is C8H12O2. The summed E-state index contributed by atoms with van der Waals surface area (Å²) in [7, 11) is 0. The van der Waals surface area contributed by atoms with Gasteiger partial charge in [0.1, 0.15) is 0 Å². The summed E-state index contributed by atoms with van der Waals surface area (Å²) in [6, 6.07) is 0. The third-order valence-corrected chi connectivity index (χ3v) is 1.21. The summed E-state index contributed by atoms with van der Waals surface area (Å²) in [6.07, 6.45) is 2.03. The summed E-state index contributed by atoms with van der Waals surface area (Å²) in [5.74, 6) is -0.0789. The third-order valence-electron chi connectivity index (χ3n) is 1.21. The molecule has 0 aromatic carbocycles. The zero-order chi connectivity index (χ0) is 8.15. The standard InChI is InChI=1S/C8H12O2/c1-4-8(7(3)10)5-6(2)9/h5H,4H2,1-3H3/b8-5-. The number of hydrogen-bond donors (Lipinski definition) is 0. The van der Waals surface area contributed by atoms with Crippen LogP contribution in [0.5, 0.6) is 0 Å². The first-order valence-electron chi connectivity index (χ1n) is 3.30. The fraction of sp³-hybridized carbons (Fsp3) is 0.500. The van der Waals surface area contributed by atoms with Crippen molar-refractivity contribution in [2.75, 3.05) is 0 Å². The van der Waals surface area contributed by atoms with Gasteiger partial charge in [0.05, 0.1) is 0 Å². The van der Waals surface area contributed by atoms with E-state index < -0.39 is 0 Å². The van der Waals surface area contributed by atoms with Gasteiger partial charge in [0.2, 0.25) is 0 Å². The van der Waals surface area contributed by atoms with Gasteiger partial charge in [0.25, 0.3) is 0 Å². The highest BCUT2D eigenvalue weighted by atomic mass is 16.1. The Bertz CT molecular complexity index is 178. The molecule has 0 aromatic rings. The van der Waals surface area contributed by atoms with Gasteiger partial charge in [-0.15, -0.1) is 0 Å². The van der Waals surface area contributed by atoms with Crippen molar-refractivity contribution in [2.24, 2.45) is 0 Å². The van der Waals surface area contributed by atoms with Gasteiger partial charge in [0, 0.05) is 0 Å². The Morgan fingerprint density at radius 2 is 1.80 bits per heavy atom. The van der Waals surface area contributed by atoms with E-state index in [1.54, 1.807) is 0 Å². The molecule has 0 saturated heterocycles. The molecule has 0 aliphatic carbocycles. The first-order chi connectivity index (χ1) is 4.57. The fourth-order valence-electron chi connectivity index (χ4n) is 0.698. The number of hydrogen-bond acceptors (Lipinski definition) is 2. The van der Waals surface area contributed by atoms with Gasteiger partial charge in [-0.05, 0) is 31.9 Å². The summed E-state index contributed by atoms with van der Waals surface area (Å²) in [6.45, 7) is 4.77. The Morgan fingerprint density at radius 1 is 1.30 bits per heavy atom. The zero-order valence-corrected chi connectivity index (χ0v) is 6.60. The van der Waals surface area contributed by atoms with E-state index in [0.29, 0.717) is 12.0 Å². The minimum atomic E-state index is -0.0629. The molecule has 0 saturated carbocycles. The van der Waals surface area contributed by atoms with Gasteiger partial charge in [0.15, 0.2) is 11.6 Å². The molecule has 10 heavy (non-hydrogen) atoms. The van der Waals surface area contributed by atoms with Crippen LogP contribution in [0.15, 0.2) is 11.6 Å². The number of ketones is 2. The van der Waals surface area contributed by atoms with E-state index in [1.807, 2.05) is 6.92 Å². The summed E-state index contributed by atoms with van der Waals surface area (Å²) in [4.78, 5) is 21.2. The smallest absolute Gasteiger partial charge is 0.155 e. The molecule has 0 radical (unpaired) electrons. The number of allylic oxidation sites excluding steroid dienone is 2. The molecule has 2 heteroatoms. The summed E-state index contributed by atoms with van der Waals surface area (Å²) in [5, 5.41) is 0. The van der Waals surface area contributed by atoms with Crippen LogP contribution in [0.1, 0.15) is 27.2 Å². The minimum Gasteiger partial charge on any atom is -0.295 e. The lowest BCUT2D eigenvalue weighted by molar-refractivity contribution is -0.115. The van der Waals surface area contributed by atoms with Crippen LogP contribution in [0.2, 0.25) is 0 Å². The molecule has 0 bridgehead atoms. The molecule has 0 amide bonds. The van der Waals surface area contributed by atoms with Crippen molar-refractivity contribution in [1.82, 2.24) is 0 Å². The molecule has 0 rings (SSSR count). The van der Waals surface area contributed by atoms with Crippen molar-refractivity contribution in [1.29, 1.82) is 0 Å². The van der Waals surface area contributed by atoms with Crippen molar-refractivity contribution < 1.29 is 9.59 Å². The molecule has 0 aliphatic heterocycles. The van der Waals surface area contributed by atoms with E-state index in [9.17, 15) is 9.59 Å². The van der Waals surface area contributed by atoms with E-state index >= 15 is 0 Å². The second-order valence-electron chi connectivity index (χ2n) is 2.19. The van der Waals surface area contributed by atoms with Crippen molar-refractivity contribution in [3.8, 4) is 0 Å². The zero-order valence-electron chi connectivity index (χ0n) is 6.60. The average Bonchev–Trinajstić information content (AvgIpc) is 1.81. The molecule has 0 unspecified atom stereocenters. The molecule has 0 fully saturated rings. The van der Waals surface area contributed by atoms with Crippen molar-refractivity contribution in [2.45, 2.75) is 27.2 Å². The van der Waals surface area contributed by atoms with Crippen LogP contribution in [0.25, 0.3) is 0 Å². The highest BCUT2D eigenvalue weighted by Crippen LogP contribution is 2.00. The van der Waals surface area contributed by atoms with Crippen LogP contribution in [-0.4, -0.2) is 11.6 Å². The normalized spacial score (nSPS) is 11.3. The lowest BCUT2D eigenvalue weighted by atomic mass is 10.1. The van der Waals surface area contributed by atoms with Gasteiger partial charge in [-0.3, -0.25) is 9.59 Å². The van der Waals surface area contributed by atoms with Crippen LogP contribution < -0.4 is 0 Å². The molecule has 0 heterocycles. The maximum atomic E-state index is 10.7. The first kappa shape index (κ1) is 9.08. The first-order valence-corrected chi connectivity index (χ1v) is 3.30. The van der Waals surface area contributed by atoms with Crippen molar-refractivity contribution >= 4 is 11.6 Å². The molecule has 0 N–H and O–H groups in total. The highest BCUT2D eigenvalue weighted by molar-refractivity contribution is 6.00. The molecular weight excluding hydrogens is 128 g/mol. The lowest BCUT2D eigenvalue weighted by Crippen LogP contribution is -1.97. The lowest BCUT2D eigenvalue weighted by Gasteiger charge is -1.94. The maximum absolute atomic E-state index is 10.7. The summed E-state index contributed by atoms with van der Waals surface area (Å²) < 4.78 is 0. The Kier molecular flexibility index (Phi) is 3.62. The van der Waals surface area contributed by atoms with Crippen LogP contribution >= 0.6 is 0 Å². The maximum Gasteiger partial charge on any atom is 0.155 e. The van der Waals surface area contributed by atoms with E-state index in [2.05, 4.69) is 0 Å². The number of carbonyl (C=O) groups is 2. The molecule has 2 nitrogen and oxygen atoms in total. The Hall–Kier alpha value is -0.920. The Morgan fingerprint density at radius 3 is 1.90 bits per heavy atom. The van der Waals surface area contributed by atoms with Crippen LogP contribution in [0.3, 0.4) is 0 Å². The topological polar surface area (TPSA) is 34.1 Å². The van der Waals surface area contributed by atoms with E-state index in [0.717, 1.165) is 0 Å². The fourth-order valence-corrected chi connectivity index (χ4v) is 0.698. The average molecular weight is 140 g/mol. The van der Waals surface area contributed by atoms with Crippen LogP contribution in [-0.2, 0) is 9.59 Å². The van der Waals surface area contributed by atoms with E-state index in [1.165, 1.54) is 19.9 Å². The molecule has 0 aromatic heterocycles. The summed E-state index contributed by atoms with van der Waals surface area (Å²) in [5.41, 5.74) is 0.604. The second kappa shape index (κ2) is 3.99. The van der Waals surface area contributed by atoms with Gasteiger partial charge in [-0.25, -0.2) is 0 Å². The van der Waals surface area contributed by atoms with E-state index in [-0.39, 0.29) is 11.6 Å². The van der Waals surface area contributed by atoms with E-state index in [4.69, 9.17) is 0 Å². The van der Waals surface area contributed by atoms with Gasteiger partial charge < -0.3 is 0 Å². The van der Waals surface area contributed by atoms with Gasteiger partial charge >= 0.3 is 0 Å². The van der Waals surface area contributed by atoms with Gasteiger partial charge in [-0.2, -0.15) is 0 Å². The number of rotatable bonds is 3. The minimum absolute atomic E-state index is 0.0160. The predicted octanol–water partition coefficient (Wildman–Crippen LogP) is 1.50. The van der Waals surface area contributed by atoms with Crippen LogP contribution in [0, 0.1) is 0 Å².